The van der Waals surface area contributed by atoms with Gasteiger partial charge in [0.25, 0.3) is 5.91 Å². The first-order valence-corrected chi connectivity index (χ1v) is 5.78. The Morgan fingerprint density at radius 3 is 2.81 bits per heavy atom. The van der Waals surface area contributed by atoms with E-state index in [9.17, 15) is 4.79 Å². The molecule has 0 saturated heterocycles. The zero-order valence-electron chi connectivity index (χ0n) is 9.46. The lowest BCUT2D eigenvalue weighted by Crippen LogP contribution is -2.31. The topological polar surface area (TPSA) is 58.4 Å². The van der Waals surface area contributed by atoms with Crippen LogP contribution in [0.3, 0.4) is 0 Å². The largest absolute Gasteiger partial charge is 0.397 e. The summed E-state index contributed by atoms with van der Waals surface area (Å²) >= 11 is 3.29. The lowest BCUT2D eigenvalue weighted by Gasteiger charge is -2.11. The number of benzene rings is 1. The van der Waals surface area contributed by atoms with Gasteiger partial charge in [0, 0.05) is 17.6 Å². The number of nitrogens with two attached hydrogens (primary N) is 1. The number of anilines is 1. The van der Waals surface area contributed by atoms with E-state index >= 15 is 0 Å². The van der Waals surface area contributed by atoms with Gasteiger partial charge < -0.3 is 16.0 Å². The normalized spacial score (nSPS) is 10.5. The number of hydrogen-bond acceptors (Lipinski definition) is 3. The van der Waals surface area contributed by atoms with E-state index < -0.39 is 0 Å². The number of rotatable bonds is 4. The smallest absolute Gasteiger partial charge is 0.253 e. The summed E-state index contributed by atoms with van der Waals surface area (Å²) in [4.78, 5) is 13.8. The molecule has 0 saturated carbocycles. The number of carbonyl (C=O) groups is 1. The van der Waals surface area contributed by atoms with Gasteiger partial charge in [-0.15, -0.1) is 0 Å². The molecule has 4 nitrogen and oxygen atoms in total. The van der Waals surface area contributed by atoms with Gasteiger partial charge in [-0.05, 0) is 42.2 Å². The van der Waals surface area contributed by atoms with Crippen LogP contribution in [0.2, 0.25) is 0 Å². The fourth-order valence-electron chi connectivity index (χ4n) is 1.22. The molecular weight excluding hydrogens is 270 g/mol. The number of halogens is 1. The van der Waals surface area contributed by atoms with Crippen molar-refractivity contribution in [1.29, 1.82) is 0 Å². The van der Waals surface area contributed by atoms with E-state index in [-0.39, 0.29) is 5.91 Å². The Bertz CT molecular complexity index is 379. The van der Waals surface area contributed by atoms with E-state index in [4.69, 9.17) is 5.73 Å². The fourth-order valence-corrected chi connectivity index (χ4v) is 1.59. The standard InChI is InChI=1S/C11H16BrN3O/c1-15(2)7-6-14-11(16)8-4-3-5-9(12)10(8)13/h3-5H,6-7,13H2,1-2H3,(H,14,16). The van der Waals surface area contributed by atoms with Crippen molar-refractivity contribution < 1.29 is 4.79 Å². The predicted octanol–water partition coefficient (Wildman–Crippen LogP) is 1.32. The molecule has 1 aromatic rings. The molecule has 0 bridgehead atoms. The van der Waals surface area contributed by atoms with E-state index in [0.717, 1.165) is 11.0 Å². The summed E-state index contributed by atoms with van der Waals surface area (Å²) in [6.07, 6.45) is 0. The minimum Gasteiger partial charge on any atom is -0.397 e. The molecule has 0 aliphatic rings. The van der Waals surface area contributed by atoms with Crippen molar-refractivity contribution in [1.82, 2.24) is 10.2 Å². The lowest BCUT2D eigenvalue weighted by atomic mass is 10.1. The Balaban J connectivity index is 2.63. The van der Waals surface area contributed by atoms with Crippen LogP contribution in [0.25, 0.3) is 0 Å². The molecule has 0 aliphatic carbocycles. The van der Waals surface area contributed by atoms with Gasteiger partial charge in [-0.1, -0.05) is 6.07 Å². The number of nitrogen functional groups attached to an aromatic ring is 1. The molecule has 0 radical (unpaired) electrons. The Morgan fingerprint density at radius 2 is 2.19 bits per heavy atom. The first kappa shape index (κ1) is 13.0. The molecule has 1 amide bonds. The Morgan fingerprint density at radius 1 is 1.50 bits per heavy atom. The molecule has 88 valence electrons. The quantitative estimate of drug-likeness (QED) is 0.821. The number of hydrogen-bond donors (Lipinski definition) is 2. The molecule has 1 aromatic carbocycles. The van der Waals surface area contributed by atoms with Crippen molar-refractivity contribution in [2.75, 3.05) is 32.9 Å². The second kappa shape index (κ2) is 5.86. The van der Waals surface area contributed by atoms with Gasteiger partial charge in [-0.25, -0.2) is 0 Å². The molecule has 3 N–H and O–H groups in total. The zero-order valence-corrected chi connectivity index (χ0v) is 11.0. The van der Waals surface area contributed by atoms with Gasteiger partial charge in [-0.2, -0.15) is 0 Å². The maximum Gasteiger partial charge on any atom is 0.253 e. The number of nitrogens with zero attached hydrogens (tertiary/aromatic N) is 1. The summed E-state index contributed by atoms with van der Waals surface area (Å²) < 4.78 is 0.743. The highest BCUT2D eigenvalue weighted by Gasteiger charge is 2.10. The van der Waals surface area contributed by atoms with Gasteiger partial charge in [0.2, 0.25) is 0 Å². The molecule has 0 spiro atoms. The number of amides is 1. The van der Waals surface area contributed by atoms with Gasteiger partial charge in [0.15, 0.2) is 0 Å². The average molecular weight is 286 g/mol. The fraction of sp³-hybridized carbons (Fsp3) is 0.364. The highest BCUT2D eigenvalue weighted by Crippen LogP contribution is 2.22. The molecule has 0 aromatic heterocycles. The van der Waals surface area contributed by atoms with Crippen molar-refractivity contribution >= 4 is 27.5 Å². The van der Waals surface area contributed by atoms with E-state index in [1.54, 1.807) is 12.1 Å². The number of nitrogens with one attached hydrogen (secondary N) is 1. The van der Waals surface area contributed by atoms with E-state index in [1.165, 1.54) is 0 Å². The molecule has 0 unspecified atom stereocenters. The summed E-state index contributed by atoms with van der Waals surface area (Å²) in [5, 5.41) is 2.82. The van der Waals surface area contributed by atoms with Crippen LogP contribution in [0, 0.1) is 0 Å². The zero-order chi connectivity index (χ0) is 12.1. The Labute approximate surface area is 104 Å². The minimum absolute atomic E-state index is 0.138. The predicted molar refractivity (Wildman–Crippen MR) is 69.4 cm³/mol. The second-order valence-corrected chi connectivity index (χ2v) is 4.61. The summed E-state index contributed by atoms with van der Waals surface area (Å²) in [6, 6.07) is 5.32. The van der Waals surface area contributed by atoms with Crippen LogP contribution >= 0.6 is 15.9 Å². The first-order valence-electron chi connectivity index (χ1n) is 4.99. The molecule has 1 rings (SSSR count). The molecule has 0 fully saturated rings. The van der Waals surface area contributed by atoms with E-state index in [0.29, 0.717) is 17.8 Å². The van der Waals surface area contributed by atoms with Crippen LogP contribution in [0.5, 0.6) is 0 Å². The molecule has 0 atom stereocenters. The maximum absolute atomic E-state index is 11.8. The number of likely N-dealkylation sites (N-methyl/N-ethyl adjacent to an activating group) is 1. The Hall–Kier alpha value is -1.07. The van der Waals surface area contributed by atoms with Crippen LogP contribution in [-0.4, -0.2) is 38.0 Å². The van der Waals surface area contributed by atoms with Crippen molar-refractivity contribution in [3.8, 4) is 0 Å². The lowest BCUT2D eigenvalue weighted by molar-refractivity contribution is 0.0952. The van der Waals surface area contributed by atoms with Gasteiger partial charge in [0.05, 0.1) is 11.3 Å². The van der Waals surface area contributed by atoms with Crippen LogP contribution in [-0.2, 0) is 0 Å². The third-order valence-electron chi connectivity index (χ3n) is 2.14. The van der Waals surface area contributed by atoms with Gasteiger partial charge in [-0.3, -0.25) is 4.79 Å². The first-order chi connectivity index (χ1) is 7.52. The molecule has 0 heterocycles. The second-order valence-electron chi connectivity index (χ2n) is 3.76. The highest BCUT2D eigenvalue weighted by molar-refractivity contribution is 9.10. The SMILES string of the molecule is CN(C)CCNC(=O)c1cccc(Br)c1N. The monoisotopic (exact) mass is 285 g/mol. The average Bonchev–Trinajstić information content (AvgIpc) is 2.21. The molecule has 5 heteroatoms. The summed E-state index contributed by atoms with van der Waals surface area (Å²) in [6.45, 7) is 1.41. The third-order valence-corrected chi connectivity index (χ3v) is 2.83. The van der Waals surface area contributed by atoms with Gasteiger partial charge in [0.1, 0.15) is 0 Å². The van der Waals surface area contributed by atoms with Crippen molar-refractivity contribution in [3.63, 3.8) is 0 Å². The van der Waals surface area contributed by atoms with Crippen LogP contribution < -0.4 is 11.1 Å². The maximum atomic E-state index is 11.8. The number of para-hydroxylation sites is 1. The van der Waals surface area contributed by atoms with Crippen molar-refractivity contribution in [2.24, 2.45) is 0 Å². The highest BCUT2D eigenvalue weighted by atomic mass is 79.9. The molecular formula is C11H16BrN3O. The third kappa shape index (κ3) is 3.50. The van der Waals surface area contributed by atoms with Crippen molar-refractivity contribution in [3.05, 3.63) is 28.2 Å². The van der Waals surface area contributed by atoms with Crippen molar-refractivity contribution in [2.45, 2.75) is 0 Å². The number of carbonyl (C=O) groups excluding carboxylic acids is 1. The summed E-state index contributed by atoms with van der Waals surface area (Å²) in [5.41, 5.74) is 6.78. The Kier molecular flexibility index (Phi) is 4.76. The van der Waals surface area contributed by atoms with E-state index in [2.05, 4.69) is 21.2 Å². The summed E-state index contributed by atoms with van der Waals surface area (Å²) in [5.74, 6) is -0.138. The molecule has 0 aliphatic heterocycles. The minimum atomic E-state index is -0.138. The summed E-state index contributed by atoms with van der Waals surface area (Å²) in [7, 11) is 3.92. The van der Waals surface area contributed by atoms with Gasteiger partial charge >= 0.3 is 0 Å². The van der Waals surface area contributed by atoms with Crippen LogP contribution in [0.15, 0.2) is 22.7 Å². The van der Waals surface area contributed by atoms with Crippen LogP contribution in [0.4, 0.5) is 5.69 Å². The van der Waals surface area contributed by atoms with E-state index in [1.807, 2.05) is 25.1 Å². The van der Waals surface area contributed by atoms with Crippen LogP contribution in [0.1, 0.15) is 10.4 Å². The molecule has 16 heavy (non-hydrogen) atoms.